The Morgan fingerprint density at radius 1 is 0.310 bits per heavy atom. The molecule has 0 nitrogen and oxygen atoms in total. The zero-order chi connectivity index (χ0) is 27.0. The zero-order valence-electron chi connectivity index (χ0n) is 23.6. The Bertz CT molecular complexity index is 1520. The average Bonchev–Trinajstić information content (AvgIpc) is 3.05. The molecule has 0 amide bonds. The van der Waals surface area contributed by atoms with E-state index in [1.54, 1.807) is 0 Å². The van der Waals surface area contributed by atoms with Gasteiger partial charge in [-0.2, -0.15) is 0 Å². The molecule has 42 heavy (non-hydrogen) atoms. The summed E-state index contributed by atoms with van der Waals surface area (Å²) < 4.78 is 0. The van der Waals surface area contributed by atoms with E-state index in [0.717, 1.165) is 12.3 Å². The Balaban J connectivity index is 0.00000202. The van der Waals surface area contributed by atoms with Crippen LogP contribution in [0.3, 0.4) is 0 Å². The van der Waals surface area contributed by atoms with Gasteiger partial charge in [-0.25, -0.2) is 0 Å². The van der Waals surface area contributed by atoms with Crippen molar-refractivity contribution in [3.05, 3.63) is 170 Å². The second-order valence-electron chi connectivity index (χ2n) is 9.74. The van der Waals surface area contributed by atoms with Crippen LogP contribution in [-0.4, -0.2) is 29.1 Å². The van der Waals surface area contributed by atoms with Crippen LogP contribution in [0, 0.1) is 0 Å². The summed E-state index contributed by atoms with van der Waals surface area (Å²) in [6, 6.07) is 62.2. The van der Waals surface area contributed by atoms with Crippen molar-refractivity contribution in [2.45, 2.75) is 0 Å². The molecule has 4 heteroatoms. The van der Waals surface area contributed by atoms with Crippen LogP contribution < -0.4 is 21.2 Å². The van der Waals surface area contributed by atoms with Gasteiger partial charge in [-0.1, -0.05) is 170 Å². The molecule has 0 aromatic heterocycles. The van der Waals surface area contributed by atoms with Crippen molar-refractivity contribution in [1.29, 1.82) is 0 Å². The Morgan fingerprint density at radius 3 is 0.952 bits per heavy atom. The predicted octanol–water partition coefficient (Wildman–Crippen LogP) is 7.82. The van der Waals surface area contributed by atoms with Crippen LogP contribution in [0.5, 0.6) is 0 Å². The lowest BCUT2D eigenvalue weighted by Gasteiger charge is -2.27. The third kappa shape index (κ3) is 7.20. The number of hydrogen-bond acceptors (Lipinski definition) is 0. The largest absolute Gasteiger partial charge is 0.0622 e. The molecule has 6 aromatic carbocycles. The van der Waals surface area contributed by atoms with Gasteiger partial charge in [-0.3, -0.25) is 0 Å². The van der Waals surface area contributed by atoms with Gasteiger partial charge in [0.05, 0.1) is 0 Å². The van der Waals surface area contributed by atoms with Gasteiger partial charge < -0.3 is 0 Å². The molecule has 0 saturated carbocycles. The van der Waals surface area contributed by atoms with Crippen LogP contribution in [0.1, 0.15) is 0 Å². The number of benzene rings is 6. The maximum atomic E-state index is 2.36. The molecule has 6 rings (SSSR count). The Kier molecular flexibility index (Phi) is 11.5. The van der Waals surface area contributed by atoms with E-state index >= 15 is 0 Å². The average molecular weight is 572 g/mol. The third-order valence-electron chi connectivity index (χ3n) is 7.24. The van der Waals surface area contributed by atoms with E-state index < -0.39 is 15.8 Å². The normalized spacial score (nSPS) is 11.9. The van der Waals surface area contributed by atoms with E-state index in [2.05, 4.69) is 170 Å². The summed E-state index contributed by atoms with van der Waals surface area (Å²) in [5, 5.41) is 5.82. The minimum Gasteiger partial charge on any atom is -0.0622 e. The molecule has 6 aromatic rings. The number of rotatable bonds is 9. The first-order chi connectivity index (χ1) is 19.9. The van der Waals surface area contributed by atoms with Gasteiger partial charge in [0.15, 0.2) is 0 Å². The first kappa shape index (κ1) is 31.3. The van der Waals surface area contributed by atoms with E-state index in [1.807, 2.05) is 0 Å². The summed E-state index contributed by atoms with van der Waals surface area (Å²) in [6.45, 7) is 0. The van der Waals surface area contributed by atoms with Gasteiger partial charge >= 0.3 is 0 Å². The summed E-state index contributed by atoms with van der Waals surface area (Å²) in [5.74, 6) is 0. The minimum atomic E-state index is -0.556. The summed E-state index contributed by atoms with van der Waals surface area (Å²) in [5.41, 5.74) is 5.29. The molecule has 0 aliphatic heterocycles. The van der Waals surface area contributed by atoms with Gasteiger partial charge in [-0.05, 0) is 71.6 Å². The fourth-order valence-electron chi connectivity index (χ4n) is 5.33. The van der Waals surface area contributed by atoms with Crippen LogP contribution in [0.2, 0.25) is 0 Å². The lowest BCUT2D eigenvalue weighted by Crippen LogP contribution is -2.21. The summed E-state index contributed by atoms with van der Waals surface area (Å²) in [6.07, 6.45) is 2.26. The summed E-state index contributed by atoms with van der Waals surface area (Å²) in [4.78, 5) is 0. The third-order valence-corrected chi connectivity index (χ3v) is 12.7. The van der Waals surface area contributed by atoms with Crippen molar-refractivity contribution < 1.29 is 0 Å². The summed E-state index contributed by atoms with van der Waals surface area (Å²) in [7, 11) is -1.11. The minimum absolute atomic E-state index is 0. The Hall–Kier alpha value is -3.69. The highest BCUT2D eigenvalue weighted by Crippen LogP contribution is 2.44. The molecule has 2 unspecified atom stereocenters. The van der Waals surface area contributed by atoms with Crippen LogP contribution in [0.25, 0.3) is 22.3 Å². The van der Waals surface area contributed by atoms with Gasteiger partial charge in [0, 0.05) is 16.8 Å². The van der Waals surface area contributed by atoms with Crippen molar-refractivity contribution in [3.63, 3.8) is 0 Å². The molecule has 2 atom stereocenters. The standard InChI is InChI=1S/C38H32P2.2B/c1-5-17-31(18-6-1)35-25-13-15-27-37(35)39(33-21-9-3-10-22-33)29-30-40(34-23-11-4-12-24-34)38-28-16-14-26-36(38)32-19-7-2-8-20-32;;/h1-28H,29-30H2;;. The van der Waals surface area contributed by atoms with Crippen LogP contribution in [0.15, 0.2) is 170 Å². The van der Waals surface area contributed by atoms with Crippen molar-refractivity contribution in [2.24, 2.45) is 0 Å². The highest BCUT2D eigenvalue weighted by Gasteiger charge is 2.23. The molecule has 0 N–H and O–H groups in total. The topological polar surface area (TPSA) is 0 Å². The molecular weight excluding hydrogens is 540 g/mol. The SMILES string of the molecule is [B].[B].c1ccc(-c2ccccc2P(CCP(c2ccccc2)c2ccccc2-c2ccccc2)c2ccccc2)cc1. The predicted molar refractivity (Wildman–Crippen MR) is 190 cm³/mol. The van der Waals surface area contributed by atoms with Crippen molar-refractivity contribution in [1.82, 2.24) is 0 Å². The second kappa shape index (κ2) is 15.5. The molecule has 0 aliphatic rings. The maximum absolute atomic E-state index is 2.36. The molecule has 0 bridgehead atoms. The molecule has 0 spiro atoms. The van der Waals surface area contributed by atoms with E-state index in [-0.39, 0.29) is 16.8 Å². The molecule has 6 radical (unpaired) electrons. The number of hydrogen-bond donors (Lipinski definition) is 0. The first-order valence-electron chi connectivity index (χ1n) is 13.8. The second-order valence-corrected chi connectivity index (χ2v) is 14.3. The van der Waals surface area contributed by atoms with Gasteiger partial charge in [0.2, 0.25) is 0 Å². The van der Waals surface area contributed by atoms with E-state index in [9.17, 15) is 0 Å². The molecule has 200 valence electrons. The van der Waals surface area contributed by atoms with E-state index in [4.69, 9.17) is 0 Å². The summed E-state index contributed by atoms with van der Waals surface area (Å²) >= 11 is 0. The fourth-order valence-corrected chi connectivity index (χ4v) is 11.1. The monoisotopic (exact) mass is 572 g/mol. The van der Waals surface area contributed by atoms with Gasteiger partial charge in [-0.15, -0.1) is 0 Å². The van der Waals surface area contributed by atoms with Crippen LogP contribution in [0.4, 0.5) is 0 Å². The first-order valence-corrected chi connectivity index (χ1v) is 16.9. The van der Waals surface area contributed by atoms with E-state index in [0.29, 0.717) is 0 Å². The van der Waals surface area contributed by atoms with Crippen molar-refractivity contribution in [3.8, 4) is 22.3 Å². The smallest absolute Gasteiger partial charge is 0 e. The molecule has 0 fully saturated rings. The van der Waals surface area contributed by atoms with E-state index in [1.165, 1.54) is 43.5 Å². The zero-order valence-corrected chi connectivity index (χ0v) is 25.4. The Morgan fingerprint density at radius 2 is 0.595 bits per heavy atom. The molecule has 0 heterocycles. The Labute approximate surface area is 257 Å². The molecule has 0 aliphatic carbocycles. The highest BCUT2D eigenvalue weighted by molar-refractivity contribution is 7.77. The quantitative estimate of drug-likeness (QED) is 0.123. The lowest BCUT2D eigenvalue weighted by atomic mass is 10.1. The van der Waals surface area contributed by atoms with Gasteiger partial charge in [0.25, 0.3) is 0 Å². The highest BCUT2D eigenvalue weighted by atomic mass is 31.1. The van der Waals surface area contributed by atoms with Crippen molar-refractivity contribution in [2.75, 3.05) is 12.3 Å². The van der Waals surface area contributed by atoms with Crippen molar-refractivity contribution >= 4 is 53.9 Å². The maximum Gasteiger partial charge on any atom is 0 e. The molecule has 0 saturated heterocycles. The van der Waals surface area contributed by atoms with Crippen LogP contribution in [-0.2, 0) is 0 Å². The molecular formula is C38H32B2P2. The fraction of sp³-hybridized carbons (Fsp3) is 0.0526. The van der Waals surface area contributed by atoms with Gasteiger partial charge in [0.1, 0.15) is 0 Å². The van der Waals surface area contributed by atoms with Crippen LogP contribution >= 0.6 is 15.8 Å². The lowest BCUT2D eigenvalue weighted by molar-refractivity contribution is 1.50.